The molecule has 1 aromatic rings. The molecule has 2 rings (SSSR count). The van der Waals surface area contributed by atoms with Crippen LogP contribution >= 0.6 is 0 Å². The minimum Gasteiger partial charge on any atom is -0.365 e. The van der Waals surface area contributed by atoms with E-state index in [1.165, 1.54) is 17.7 Å². The Morgan fingerprint density at radius 2 is 2.00 bits per heavy atom. The average Bonchev–Trinajstić information content (AvgIpc) is 2.37. The van der Waals surface area contributed by atoms with Crippen LogP contribution in [-0.4, -0.2) is 24.7 Å². The van der Waals surface area contributed by atoms with Gasteiger partial charge >= 0.3 is 0 Å². The highest BCUT2D eigenvalue weighted by Gasteiger charge is 2.32. The molecule has 1 atom stereocenters. The minimum atomic E-state index is 0.201. The van der Waals surface area contributed by atoms with Crippen molar-refractivity contribution in [2.75, 3.05) is 18.0 Å². The lowest BCUT2D eigenvalue weighted by Crippen LogP contribution is -2.61. The zero-order valence-electron chi connectivity index (χ0n) is 12.2. The van der Waals surface area contributed by atoms with E-state index < -0.39 is 0 Å². The lowest BCUT2D eigenvalue weighted by molar-refractivity contribution is 0.306. The SMILES string of the molecule is CCc1ccccc1N1CC(C)(C)NCC1CC. The molecule has 0 amide bonds. The maximum absolute atomic E-state index is 3.65. The van der Waals surface area contributed by atoms with Crippen LogP contribution in [0.4, 0.5) is 5.69 Å². The molecule has 0 aromatic heterocycles. The third-order valence-electron chi connectivity index (χ3n) is 3.98. The summed E-state index contributed by atoms with van der Waals surface area (Å²) in [6, 6.07) is 9.47. The normalized spacial score (nSPS) is 23.1. The molecular weight excluding hydrogens is 220 g/mol. The Hall–Kier alpha value is -1.02. The molecule has 1 N–H and O–H groups in total. The molecule has 18 heavy (non-hydrogen) atoms. The Morgan fingerprint density at radius 1 is 1.28 bits per heavy atom. The van der Waals surface area contributed by atoms with Gasteiger partial charge in [-0.05, 0) is 38.3 Å². The van der Waals surface area contributed by atoms with E-state index in [1.54, 1.807) is 0 Å². The molecule has 0 spiro atoms. The van der Waals surface area contributed by atoms with Crippen LogP contribution in [0.3, 0.4) is 0 Å². The Bertz CT molecular complexity index is 398. The molecule has 0 aliphatic carbocycles. The maximum Gasteiger partial charge on any atom is 0.0413 e. The first kappa shape index (κ1) is 13.4. The molecule has 2 nitrogen and oxygen atoms in total. The number of para-hydroxylation sites is 1. The van der Waals surface area contributed by atoms with E-state index in [9.17, 15) is 0 Å². The summed E-state index contributed by atoms with van der Waals surface area (Å²) in [5, 5.41) is 3.65. The maximum atomic E-state index is 3.65. The van der Waals surface area contributed by atoms with Crippen LogP contribution in [0.2, 0.25) is 0 Å². The zero-order valence-corrected chi connectivity index (χ0v) is 12.2. The van der Waals surface area contributed by atoms with Gasteiger partial charge in [-0.3, -0.25) is 0 Å². The molecule has 2 heteroatoms. The molecule has 0 bridgehead atoms. The van der Waals surface area contributed by atoms with Gasteiger partial charge in [0.2, 0.25) is 0 Å². The zero-order chi connectivity index (χ0) is 13.2. The molecule has 0 saturated carbocycles. The summed E-state index contributed by atoms with van der Waals surface area (Å²) in [5.41, 5.74) is 3.10. The monoisotopic (exact) mass is 246 g/mol. The predicted molar refractivity (Wildman–Crippen MR) is 79.3 cm³/mol. The Kier molecular flexibility index (Phi) is 3.96. The molecule has 1 heterocycles. The Labute approximate surface area is 111 Å². The second-order valence-corrected chi connectivity index (χ2v) is 5.94. The number of hydrogen-bond donors (Lipinski definition) is 1. The second-order valence-electron chi connectivity index (χ2n) is 5.94. The number of nitrogens with one attached hydrogen (secondary N) is 1. The summed E-state index contributed by atoms with van der Waals surface area (Å²) >= 11 is 0. The van der Waals surface area contributed by atoms with Crippen LogP contribution < -0.4 is 10.2 Å². The van der Waals surface area contributed by atoms with Crippen LogP contribution in [0.1, 0.15) is 39.7 Å². The van der Waals surface area contributed by atoms with Crippen molar-refractivity contribution in [3.8, 4) is 0 Å². The van der Waals surface area contributed by atoms with Gasteiger partial charge in [-0.1, -0.05) is 32.0 Å². The largest absolute Gasteiger partial charge is 0.365 e. The Balaban J connectivity index is 2.32. The van der Waals surface area contributed by atoms with Crippen molar-refractivity contribution < 1.29 is 0 Å². The summed E-state index contributed by atoms with van der Waals surface area (Å²) in [6.45, 7) is 11.3. The van der Waals surface area contributed by atoms with E-state index in [-0.39, 0.29) is 5.54 Å². The van der Waals surface area contributed by atoms with E-state index >= 15 is 0 Å². The highest BCUT2D eigenvalue weighted by molar-refractivity contribution is 5.55. The minimum absolute atomic E-state index is 0.201. The van der Waals surface area contributed by atoms with Gasteiger partial charge in [-0.15, -0.1) is 0 Å². The molecule has 1 saturated heterocycles. The number of piperazine rings is 1. The van der Waals surface area contributed by atoms with Gasteiger partial charge in [0.15, 0.2) is 0 Å². The highest BCUT2D eigenvalue weighted by Crippen LogP contribution is 2.28. The van der Waals surface area contributed by atoms with Crippen molar-refractivity contribution in [3.05, 3.63) is 29.8 Å². The number of nitrogens with zero attached hydrogens (tertiary/aromatic N) is 1. The van der Waals surface area contributed by atoms with Gasteiger partial charge in [-0.2, -0.15) is 0 Å². The third kappa shape index (κ3) is 2.69. The van der Waals surface area contributed by atoms with Gasteiger partial charge < -0.3 is 10.2 Å². The van der Waals surface area contributed by atoms with Crippen molar-refractivity contribution in [3.63, 3.8) is 0 Å². The van der Waals surface area contributed by atoms with Gasteiger partial charge in [0.25, 0.3) is 0 Å². The van der Waals surface area contributed by atoms with E-state index in [4.69, 9.17) is 0 Å². The molecule has 1 aromatic carbocycles. The van der Waals surface area contributed by atoms with Gasteiger partial charge in [0.1, 0.15) is 0 Å². The number of hydrogen-bond acceptors (Lipinski definition) is 2. The first-order chi connectivity index (χ1) is 8.57. The quantitative estimate of drug-likeness (QED) is 0.881. The molecule has 1 aliphatic rings. The number of aryl methyl sites for hydroxylation is 1. The Morgan fingerprint density at radius 3 is 2.67 bits per heavy atom. The van der Waals surface area contributed by atoms with Crippen LogP contribution in [0, 0.1) is 0 Å². The predicted octanol–water partition coefficient (Wildman–Crippen LogP) is 3.22. The molecule has 100 valence electrons. The summed E-state index contributed by atoms with van der Waals surface area (Å²) in [6.07, 6.45) is 2.30. The second kappa shape index (κ2) is 5.31. The first-order valence-electron chi connectivity index (χ1n) is 7.17. The molecule has 0 radical (unpaired) electrons. The lowest BCUT2D eigenvalue weighted by atomic mass is 9.95. The van der Waals surface area contributed by atoms with Crippen molar-refractivity contribution in [2.45, 2.75) is 52.1 Å². The smallest absolute Gasteiger partial charge is 0.0413 e. The van der Waals surface area contributed by atoms with Crippen molar-refractivity contribution in [1.29, 1.82) is 0 Å². The summed E-state index contributed by atoms with van der Waals surface area (Å²) < 4.78 is 0. The molecular formula is C16H26N2. The molecule has 1 unspecified atom stereocenters. The summed E-state index contributed by atoms with van der Waals surface area (Å²) in [7, 11) is 0. The van der Waals surface area contributed by atoms with Crippen molar-refractivity contribution in [2.24, 2.45) is 0 Å². The lowest BCUT2D eigenvalue weighted by Gasteiger charge is -2.46. The van der Waals surface area contributed by atoms with E-state index in [0.717, 1.165) is 19.5 Å². The van der Waals surface area contributed by atoms with Crippen molar-refractivity contribution in [1.82, 2.24) is 5.32 Å². The third-order valence-corrected chi connectivity index (χ3v) is 3.98. The number of rotatable bonds is 3. The highest BCUT2D eigenvalue weighted by atomic mass is 15.3. The first-order valence-corrected chi connectivity index (χ1v) is 7.17. The van der Waals surface area contributed by atoms with E-state index in [2.05, 4.69) is 62.2 Å². The van der Waals surface area contributed by atoms with Crippen LogP contribution in [-0.2, 0) is 6.42 Å². The topological polar surface area (TPSA) is 15.3 Å². The fraction of sp³-hybridized carbons (Fsp3) is 0.625. The van der Waals surface area contributed by atoms with Crippen LogP contribution in [0.5, 0.6) is 0 Å². The van der Waals surface area contributed by atoms with E-state index in [1.807, 2.05) is 0 Å². The number of benzene rings is 1. The summed E-state index contributed by atoms with van der Waals surface area (Å²) in [4.78, 5) is 2.61. The van der Waals surface area contributed by atoms with Gasteiger partial charge in [0.05, 0.1) is 0 Å². The fourth-order valence-electron chi connectivity index (χ4n) is 2.85. The van der Waals surface area contributed by atoms with Gasteiger partial charge in [0, 0.05) is 30.4 Å². The fourth-order valence-corrected chi connectivity index (χ4v) is 2.85. The number of anilines is 1. The van der Waals surface area contributed by atoms with Crippen molar-refractivity contribution >= 4 is 5.69 Å². The van der Waals surface area contributed by atoms with Gasteiger partial charge in [-0.25, -0.2) is 0 Å². The standard InChI is InChI=1S/C16H26N2/c1-5-13-9-7-8-10-15(13)18-12-16(3,4)17-11-14(18)6-2/h7-10,14,17H,5-6,11-12H2,1-4H3. The van der Waals surface area contributed by atoms with E-state index in [0.29, 0.717) is 6.04 Å². The van der Waals surface area contributed by atoms with Crippen LogP contribution in [0.25, 0.3) is 0 Å². The average molecular weight is 246 g/mol. The molecule has 1 aliphatic heterocycles. The molecule has 1 fully saturated rings. The van der Waals surface area contributed by atoms with Crippen LogP contribution in [0.15, 0.2) is 24.3 Å². The summed E-state index contributed by atoms with van der Waals surface area (Å²) in [5.74, 6) is 0.